The number of hydrogen-bond donors (Lipinski definition) is 5. The number of pyridine rings is 1. The molecule has 1 aliphatic rings. The van der Waals surface area contributed by atoms with E-state index in [0.717, 1.165) is 50.8 Å². The van der Waals surface area contributed by atoms with Gasteiger partial charge in [0.05, 0.1) is 18.6 Å². The van der Waals surface area contributed by atoms with E-state index in [1.54, 1.807) is 26.0 Å². The fourth-order valence-electron chi connectivity index (χ4n) is 5.46. The number of nitrogens with one attached hydrogen (secondary N) is 5. The standard InChI is InChI=1S/C34H52N6O7S/c1-23(2)35-17-18-36-30(41)13-9-19-47-28-20-24(3)32(25(4)21-28)48(44,45)40-29(34(43)46-5)22-38-31(42)12-7-6-11-27-15-14-26-10-8-16-37-33(26)39-27/h14-15,20-21,23,29,35,40H,6-13,16-19,22H2,1-5H3,(H,36,41)(H,37,39)(H,38,42). The van der Waals surface area contributed by atoms with Crippen LogP contribution in [-0.4, -0.2) is 83.2 Å². The number of benzene rings is 1. The van der Waals surface area contributed by atoms with Gasteiger partial charge in [0.15, 0.2) is 0 Å². The minimum atomic E-state index is -4.18. The van der Waals surface area contributed by atoms with Crippen molar-refractivity contribution in [3.05, 3.63) is 46.6 Å². The third-order valence-corrected chi connectivity index (χ3v) is 9.62. The van der Waals surface area contributed by atoms with Crippen molar-refractivity contribution < 1.29 is 32.3 Å². The first-order valence-corrected chi connectivity index (χ1v) is 18.2. The molecule has 1 unspecified atom stereocenters. The molecule has 48 heavy (non-hydrogen) atoms. The van der Waals surface area contributed by atoms with E-state index >= 15 is 0 Å². The number of unbranched alkanes of at least 4 members (excludes halogenated alkanes) is 1. The number of aromatic nitrogens is 1. The summed E-state index contributed by atoms with van der Waals surface area (Å²) in [5.74, 6) is 0.249. The van der Waals surface area contributed by atoms with Gasteiger partial charge < -0.3 is 30.7 Å². The second kappa shape index (κ2) is 19.3. The highest BCUT2D eigenvalue weighted by Gasteiger charge is 2.29. The number of rotatable bonds is 20. The molecular formula is C34H52N6O7S. The first-order valence-electron chi connectivity index (χ1n) is 16.7. The molecule has 2 amide bonds. The van der Waals surface area contributed by atoms with E-state index in [4.69, 9.17) is 9.47 Å². The van der Waals surface area contributed by atoms with Crippen molar-refractivity contribution in [1.82, 2.24) is 25.7 Å². The molecule has 0 aliphatic carbocycles. The maximum atomic E-state index is 13.4. The van der Waals surface area contributed by atoms with Crippen LogP contribution in [0.4, 0.5) is 5.82 Å². The van der Waals surface area contributed by atoms with Crippen molar-refractivity contribution in [3.63, 3.8) is 0 Å². The number of carbonyl (C=O) groups excluding carboxylic acids is 3. The van der Waals surface area contributed by atoms with Crippen LogP contribution in [0.15, 0.2) is 29.2 Å². The van der Waals surface area contributed by atoms with Crippen LogP contribution in [0.5, 0.6) is 5.75 Å². The number of ether oxygens (including phenoxy) is 2. The fourth-order valence-corrected chi connectivity index (χ4v) is 7.09. The molecule has 266 valence electrons. The summed E-state index contributed by atoms with van der Waals surface area (Å²) >= 11 is 0. The lowest BCUT2D eigenvalue weighted by atomic mass is 10.1. The van der Waals surface area contributed by atoms with E-state index in [-0.39, 0.29) is 36.3 Å². The van der Waals surface area contributed by atoms with Crippen LogP contribution in [0, 0.1) is 13.8 Å². The summed E-state index contributed by atoms with van der Waals surface area (Å²) in [6.07, 6.45) is 5.28. The van der Waals surface area contributed by atoms with Crippen LogP contribution in [0.3, 0.4) is 0 Å². The minimum absolute atomic E-state index is 0.00968. The van der Waals surface area contributed by atoms with Crippen molar-refractivity contribution >= 4 is 33.6 Å². The Hall–Kier alpha value is -3.75. The minimum Gasteiger partial charge on any atom is -0.494 e. The van der Waals surface area contributed by atoms with Gasteiger partial charge >= 0.3 is 5.97 Å². The Morgan fingerprint density at radius 2 is 1.69 bits per heavy atom. The summed E-state index contributed by atoms with van der Waals surface area (Å²) < 4.78 is 39.9. The second-order valence-corrected chi connectivity index (χ2v) is 14.0. The Kier molecular flexibility index (Phi) is 15.6. The average Bonchev–Trinajstić information content (AvgIpc) is 3.04. The quantitative estimate of drug-likeness (QED) is 0.103. The van der Waals surface area contributed by atoms with Gasteiger partial charge in [0.2, 0.25) is 21.8 Å². The Morgan fingerprint density at radius 3 is 2.40 bits per heavy atom. The summed E-state index contributed by atoms with van der Waals surface area (Å²) in [6, 6.07) is 6.37. The number of fused-ring (bicyclic) bond motifs is 1. The Bertz CT molecular complexity index is 1480. The van der Waals surface area contributed by atoms with Crippen molar-refractivity contribution in [1.29, 1.82) is 0 Å². The molecule has 5 N–H and O–H groups in total. The monoisotopic (exact) mass is 688 g/mol. The topological polar surface area (TPSA) is 177 Å². The van der Waals surface area contributed by atoms with Gasteiger partial charge in [0, 0.05) is 50.8 Å². The second-order valence-electron chi connectivity index (χ2n) is 12.3. The zero-order chi connectivity index (χ0) is 35.1. The molecule has 1 atom stereocenters. The maximum Gasteiger partial charge on any atom is 0.325 e. The third-order valence-electron chi connectivity index (χ3n) is 7.84. The van der Waals surface area contributed by atoms with Crippen molar-refractivity contribution in [3.8, 4) is 5.75 Å². The lowest BCUT2D eigenvalue weighted by Gasteiger charge is -2.20. The molecule has 0 saturated carbocycles. The van der Waals surface area contributed by atoms with E-state index in [1.807, 2.05) is 19.9 Å². The van der Waals surface area contributed by atoms with E-state index in [0.29, 0.717) is 55.3 Å². The molecule has 14 heteroatoms. The van der Waals surface area contributed by atoms with Gasteiger partial charge in [-0.1, -0.05) is 19.9 Å². The van der Waals surface area contributed by atoms with Gasteiger partial charge in [0.1, 0.15) is 17.6 Å². The fraction of sp³-hybridized carbons (Fsp3) is 0.588. The first kappa shape index (κ1) is 38.7. The molecular weight excluding hydrogens is 636 g/mol. The Labute approximate surface area is 284 Å². The predicted octanol–water partition coefficient (Wildman–Crippen LogP) is 2.68. The molecule has 1 aliphatic heterocycles. The summed E-state index contributed by atoms with van der Waals surface area (Å²) in [6.45, 7) is 9.56. The highest BCUT2D eigenvalue weighted by molar-refractivity contribution is 7.89. The zero-order valence-electron chi connectivity index (χ0n) is 28.9. The zero-order valence-corrected chi connectivity index (χ0v) is 29.7. The van der Waals surface area contributed by atoms with Crippen molar-refractivity contribution in [2.75, 3.05) is 45.2 Å². The van der Waals surface area contributed by atoms with Gasteiger partial charge in [-0.3, -0.25) is 14.4 Å². The van der Waals surface area contributed by atoms with E-state index in [9.17, 15) is 22.8 Å². The van der Waals surface area contributed by atoms with E-state index in [2.05, 4.69) is 37.0 Å². The van der Waals surface area contributed by atoms with Crippen molar-refractivity contribution in [2.45, 2.75) is 96.0 Å². The van der Waals surface area contributed by atoms with Gasteiger partial charge in [0.25, 0.3) is 0 Å². The van der Waals surface area contributed by atoms with Gasteiger partial charge in [-0.05, 0) is 87.3 Å². The van der Waals surface area contributed by atoms with E-state index < -0.39 is 22.0 Å². The molecule has 2 heterocycles. The predicted molar refractivity (Wildman–Crippen MR) is 185 cm³/mol. The van der Waals surface area contributed by atoms with Crippen LogP contribution in [0.25, 0.3) is 0 Å². The maximum absolute atomic E-state index is 13.4. The summed E-state index contributed by atoms with van der Waals surface area (Å²) in [4.78, 5) is 41.8. The summed E-state index contributed by atoms with van der Waals surface area (Å²) in [7, 11) is -3.02. The van der Waals surface area contributed by atoms with Crippen LogP contribution in [0.1, 0.15) is 74.8 Å². The molecule has 2 aromatic rings. The van der Waals surface area contributed by atoms with Gasteiger partial charge in [-0.25, -0.2) is 13.4 Å². The highest BCUT2D eigenvalue weighted by atomic mass is 32.2. The molecule has 1 aromatic heterocycles. The average molecular weight is 689 g/mol. The van der Waals surface area contributed by atoms with Crippen LogP contribution in [-0.2, 0) is 42.0 Å². The molecule has 3 rings (SSSR count). The SMILES string of the molecule is COC(=O)C(CNC(=O)CCCCc1ccc2c(n1)NCCC2)NS(=O)(=O)c1c(C)cc(OCCCC(=O)NCCNC(C)C)cc1C. The molecule has 0 fully saturated rings. The molecule has 0 bridgehead atoms. The largest absolute Gasteiger partial charge is 0.494 e. The van der Waals surface area contributed by atoms with Gasteiger partial charge in [-0.15, -0.1) is 0 Å². The lowest BCUT2D eigenvalue weighted by Crippen LogP contribution is -2.49. The number of hydrogen-bond acceptors (Lipinski definition) is 10. The Balaban J connectivity index is 1.46. The molecule has 1 aromatic carbocycles. The normalized spacial score (nSPS) is 13.3. The first-order chi connectivity index (χ1) is 22.9. The van der Waals surface area contributed by atoms with Crippen LogP contribution >= 0.6 is 0 Å². The number of carbonyl (C=O) groups is 3. The van der Waals surface area contributed by atoms with E-state index in [1.165, 1.54) is 5.56 Å². The van der Waals surface area contributed by atoms with Crippen LogP contribution in [0.2, 0.25) is 0 Å². The van der Waals surface area contributed by atoms with Gasteiger partial charge in [-0.2, -0.15) is 4.72 Å². The number of nitrogens with zero attached hydrogens (tertiary/aromatic N) is 1. The number of anilines is 1. The number of amides is 2. The Morgan fingerprint density at radius 1 is 0.979 bits per heavy atom. The molecule has 0 saturated heterocycles. The molecule has 0 spiro atoms. The smallest absolute Gasteiger partial charge is 0.325 e. The number of sulfonamides is 1. The number of esters is 1. The lowest BCUT2D eigenvalue weighted by molar-refractivity contribution is -0.142. The summed E-state index contributed by atoms with van der Waals surface area (Å²) in [5, 5.41) is 12.1. The summed E-state index contributed by atoms with van der Waals surface area (Å²) in [5.41, 5.74) is 3.04. The highest BCUT2D eigenvalue weighted by Crippen LogP contribution is 2.26. The number of aryl methyl sites for hydroxylation is 4. The van der Waals surface area contributed by atoms with Crippen molar-refractivity contribution in [2.24, 2.45) is 0 Å². The molecule has 13 nitrogen and oxygen atoms in total. The number of methoxy groups -OCH3 is 1. The molecule has 0 radical (unpaired) electrons. The third kappa shape index (κ3) is 12.7. The van der Waals surface area contributed by atoms with Crippen LogP contribution < -0.4 is 30.7 Å².